The molecule has 10 heteroatoms. The summed E-state index contributed by atoms with van der Waals surface area (Å²) in [6, 6.07) is 16.2. The third-order valence-electron chi connectivity index (χ3n) is 5.50. The number of hydrogen-bond acceptors (Lipinski definition) is 10. The number of carbonyl (C=O) groups is 4. The average Bonchev–Trinajstić information content (AvgIpc) is 2.94. The lowest BCUT2D eigenvalue weighted by molar-refractivity contribution is -0.139. The van der Waals surface area contributed by atoms with E-state index in [0.717, 1.165) is 46.7 Å². The Labute approximate surface area is 228 Å². The van der Waals surface area contributed by atoms with E-state index in [4.69, 9.17) is 9.47 Å². The van der Waals surface area contributed by atoms with Gasteiger partial charge in [0, 0.05) is 50.1 Å². The van der Waals surface area contributed by atoms with Gasteiger partial charge in [0.1, 0.15) is 13.2 Å². The van der Waals surface area contributed by atoms with Gasteiger partial charge in [-0.2, -0.15) is 0 Å². The number of ether oxygens (including phenoxy) is 4. The number of anilines is 1. The molecule has 2 aromatic carbocycles. The van der Waals surface area contributed by atoms with E-state index >= 15 is 0 Å². The summed E-state index contributed by atoms with van der Waals surface area (Å²) in [5.74, 6) is -2.45. The molecular formula is C29H34N2O8. The SMILES string of the molecule is COC(=O)/C=C/C(=O)OCCN(C)Cc1cccc(-c2cccc(N(C)CCOC(=O)/C=C/C(=O)OC)c2)c1. The minimum atomic E-state index is -0.621. The Bertz CT molecular complexity index is 1190. The zero-order valence-corrected chi connectivity index (χ0v) is 22.6. The zero-order valence-electron chi connectivity index (χ0n) is 22.6. The maximum atomic E-state index is 11.7. The second-order valence-corrected chi connectivity index (χ2v) is 8.46. The Hall–Kier alpha value is -4.44. The van der Waals surface area contributed by atoms with Crippen molar-refractivity contribution in [2.24, 2.45) is 0 Å². The van der Waals surface area contributed by atoms with Crippen molar-refractivity contribution in [1.82, 2.24) is 4.90 Å². The van der Waals surface area contributed by atoms with Gasteiger partial charge in [-0.3, -0.25) is 4.90 Å². The van der Waals surface area contributed by atoms with Gasteiger partial charge >= 0.3 is 23.9 Å². The fraction of sp³-hybridized carbons (Fsp3) is 0.310. The summed E-state index contributed by atoms with van der Waals surface area (Å²) in [6.45, 7) is 1.98. The van der Waals surface area contributed by atoms with Crippen LogP contribution in [0.4, 0.5) is 5.69 Å². The van der Waals surface area contributed by atoms with E-state index < -0.39 is 23.9 Å². The Morgan fingerprint density at radius 1 is 0.692 bits per heavy atom. The lowest BCUT2D eigenvalue weighted by Gasteiger charge is -2.20. The van der Waals surface area contributed by atoms with Gasteiger partial charge in [-0.05, 0) is 41.9 Å². The minimum absolute atomic E-state index is 0.157. The third kappa shape index (κ3) is 11.7. The molecule has 39 heavy (non-hydrogen) atoms. The van der Waals surface area contributed by atoms with E-state index in [-0.39, 0.29) is 13.2 Å². The normalized spacial score (nSPS) is 11.0. The molecule has 0 aliphatic carbocycles. The Kier molecular flexibility index (Phi) is 13.0. The molecule has 0 aliphatic rings. The number of benzene rings is 2. The lowest BCUT2D eigenvalue weighted by Crippen LogP contribution is -2.23. The maximum Gasteiger partial charge on any atom is 0.331 e. The van der Waals surface area contributed by atoms with E-state index in [0.29, 0.717) is 19.6 Å². The van der Waals surface area contributed by atoms with E-state index in [2.05, 4.69) is 21.6 Å². The molecule has 0 radical (unpaired) electrons. The summed E-state index contributed by atoms with van der Waals surface area (Å²) < 4.78 is 19.1. The van der Waals surface area contributed by atoms with Crippen LogP contribution in [0.3, 0.4) is 0 Å². The Balaban J connectivity index is 1.89. The number of carbonyl (C=O) groups excluding carboxylic acids is 4. The van der Waals surface area contributed by atoms with Gasteiger partial charge in [0.25, 0.3) is 0 Å². The predicted molar refractivity (Wildman–Crippen MR) is 146 cm³/mol. The highest BCUT2D eigenvalue weighted by Crippen LogP contribution is 2.25. The second-order valence-electron chi connectivity index (χ2n) is 8.46. The quantitative estimate of drug-likeness (QED) is 0.202. The van der Waals surface area contributed by atoms with Crippen LogP contribution in [0.5, 0.6) is 0 Å². The first-order chi connectivity index (χ1) is 18.7. The van der Waals surface area contributed by atoms with Crippen molar-refractivity contribution < 1.29 is 38.1 Å². The highest BCUT2D eigenvalue weighted by atomic mass is 16.5. The molecule has 2 aromatic rings. The highest BCUT2D eigenvalue weighted by molar-refractivity contribution is 5.92. The molecule has 10 nitrogen and oxygen atoms in total. The molecule has 0 atom stereocenters. The van der Waals surface area contributed by atoms with E-state index in [1.54, 1.807) is 0 Å². The minimum Gasteiger partial charge on any atom is -0.466 e. The van der Waals surface area contributed by atoms with Crippen LogP contribution >= 0.6 is 0 Å². The van der Waals surface area contributed by atoms with Gasteiger partial charge in [-0.25, -0.2) is 19.2 Å². The molecule has 2 rings (SSSR count). The molecule has 0 unspecified atom stereocenters. The maximum absolute atomic E-state index is 11.7. The van der Waals surface area contributed by atoms with Gasteiger partial charge in [0.15, 0.2) is 0 Å². The zero-order chi connectivity index (χ0) is 28.6. The first-order valence-electron chi connectivity index (χ1n) is 12.2. The van der Waals surface area contributed by atoms with E-state index in [9.17, 15) is 19.2 Å². The summed E-state index contributed by atoms with van der Waals surface area (Å²) in [4.78, 5) is 49.4. The summed E-state index contributed by atoms with van der Waals surface area (Å²) in [7, 11) is 6.30. The molecule has 0 aliphatic heterocycles. The van der Waals surface area contributed by atoms with Crippen LogP contribution in [0.1, 0.15) is 5.56 Å². The molecular weight excluding hydrogens is 504 g/mol. The molecule has 208 valence electrons. The molecule has 0 spiro atoms. The summed E-state index contributed by atoms with van der Waals surface area (Å²) in [5.41, 5.74) is 4.14. The largest absolute Gasteiger partial charge is 0.466 e. The van der Waals surface area contributed by atoms with Gasteiger partial charge in [0.05, 0.1) is 20.8 Å². The van der Waals surface area contributed by atoms with Gasteiger partial charge in [-0.1, -0.05) is 30.3 Å². The molecule has 0 fully saturated rings. The molecule has 0 aromatic heterocycles. The Morgan fingerprint density at radius 3 is 1.79 bits per heavy atom. The smallest absolute Gasteiger partial charge is 0.331 e. The monoisotopic (exact) mass is 538 g/mol. The first kappa shape index (κ1) is 30.8. The Morgan fingerprint density at radius 2 is 1.21 bits per heavy atom. The fourth-order valence-electron chi connectivity index (χ4n) is 3.38. The van der Waals surface area contributed by atoms with Crippen molar-refractivity contribution in [3.63, 3.8) is 0 Å². The second kappa shape index (κ2) is 16.4. The molecule has 0 bridgehead atoms. The van der Waals surface area contributed by atoms with Crippen molar-refractivity contribution in [3.8, 4) is 11.1 Å². The van der Waals surface area contributed by atoms with Crippen molar-refractivity contribution in [1.29, 1.82) is 0 Å². The topological polar surface area (TPSA) is 112 Å². The van der Waals surface area contributed by atoms with Crippen molar-refractivity contribution >= 4 is 29.6 Å². The fourth-order valence-corrected chi connectivity index (χ4v) is 3.38. The van der Waals surface area contributed by atoms with Crippen molar-refractivity contribution in [2.75, 3.05) is 59.5 Å². The summed E-state index contributed by atoms with van der Waals surface area (Å²) in [5, 5.41) is 0. The third-order valence-corrected chi connectivity index (χ3v) is 5.50. The van der Waals surface area contributed by atoms with Crippen molar-refractivity contribution in [3.05, 3.63) is 78.4 Å². The predicted octanol–water partition coefficient (Wildman–Crippen LogP) is 2.77. The number of likely N-dealkylation sites (N-methyl/N-ethyl adjacent to an activating group) is 2. The number of rotatable bonds is 14. The number of methoxy groups -OCH3 is 2. The number of esters is 4. The molecule has 0 saturated carbocycles. The van der Waals surface area contributed by atoms with Crippen LogP contribution in [-0.4, -0.2) is 83.4 Å². The number of nitrogens with zero attached hydrogens (tertiary/aromatic N) is 2. The van der Waals surface area contributed by atoms with Crippen LogP contribution < -0.4 is 4.90 Å². The van der Waals surface area contributed by atoms with Crippen LogP contribution in [0.15, 0.2) is 72.8 Å². The molecule has 0 N–H and O–H groups in total. The van der Waals surface area contributed by atoms with Crippen LogP contribution in [-0.2, 0) is 44.7 Å². The molecule has 0 saturated heterocycles. The number of hydrogen-bond donors (Lipinski definition) is 0. The van der Waals surface area contributed by atoms with Crippen molar-refractivity contribution in [2.45, 2.75) is 6.54 Å². The van der Waals surface area contributed by atoms with Gasteiger partial charge in [0.2, 0.25) is 0 Å². The summed E-state index contributed by atoms with van der Waals surface area (Å²) in [6.07, 6.45) is 4.11. The van der Waals surface area contributed by atoms with Crippen LogP contribution in [0, 0.1) is 0 Å². The molecule has 0 amide bonds. The van der Waals surface area contributed by atoms with E-state index in [1.165, 1.54) is 14.2 Å². The standard InChI is InChI=1S/C29H34N2O8/c1-30(15-17-38-28(34)13-11-26(32)36-3)21-22-7-5-8-23(19-22)24-9-6-10-25(20-24)31(2)16-18-39-29(35)14-12-27(33)37-4/h5-14,19-20H,15-18,21H2,1-4H3/b13-11+,14-12+. The van der Waals surface area contributed by atoms with Crippen LogP contribution in [0.2, 0.25) is 0 Å². The molecule has 0 heterocycles. The first-order valence-corrected chi connectivity index (χ1v) is 12.2. The van der Waals surface area contributed by atoms with Gasteiger partial charge < -0.3 is 23.8 Å². The average molecular weight is 539 g/mol. The van der Waals surface area contributed by atoms with Crippen LogP contribution in [0.25, 0.3) is 11.1 Å². The van der Waals surface area contributed by atoms with E-state index in [1.807, 2.05) is 60.3 Å². The highest BCUT2D eigenvalue weighted by Gasteiger charge is 2.08. The lowest BCUT2D eigenvalue weighted by atomic mass is 10.0. The van der Waals surface area contributed by atoms with Gasteiger partial charge in [-0.15, -0.1) is 0 Å². The summed E-state index contributed by atoms with van der Waals surface area (Å²) >= 11 is 0.